The molecule has 0 heterocycles. The van der Waals surface area contributed by atoms with Gasteiger partial charge in [-0.25, -0.2) is 13.6 Å². The fourth-order valence-electron chi connectivity index (χ4n) is 2.48. The van der Waals surface area contributed by atoms with Gasteiger partial charge in [-0.15, -0.1) is 0 Å². The Bertz CT molecular complexity index is 940. The molecule has 2 rings (SSSR count). The number of carbonyl (C=O) groups is 3. The van der Waals surface area contributed by atoms with E-state index in [1.54, 1.807) is 20.8 Å². The van der Waals surface area contributed by atoms with E-state index in [1.165, 1.54) is 37.4 Å². The van der Waals surface area contributed by atoms with E-state index in [0.29, 0.717) is 5.69 Å². The monoisotopic (exact) mass is 419 g/mol. The van der Waals surface area contributed by atoms with Crippen molar-refractivity contribution >= 4 is 23.6 Å². The zero-order chi connectivity index (χ0) is 22.5. The lowest BCUT2D eigenvalue weighted by molar-refractivity contribution is -0.122. The highest BCUT2D eigenvalue weighted by atomic mass is 19.2. The maximum Gasteiger partial charge on any atom is 0.412 e. The topological polar surface area (TPSA) is 96.5 Å². The molecule has 7 nitrogen and oxygen atoms in total. The number of hydrogen-bond acceptors (Lipinski definition) is 4. The average Bonchev–Trinajstić information content (AvgIpc) is 2.66. The van der Waals surface area contributed by atoms with Crippen molar-refractivity contribution in [1.29, 1.82) is 0 Å². The smallest absolute Gasteiger partial charge is 0.412 e. The molecule has 0 bridgehead atoms. The van der Waals surface area contributed by atoms with Crippen LogP contribution >= 0.6 is 0 Å². The Hall–Kier alpha value is -3.49. The first-order valence-electron chi connectivity index (χ1n) is 9.07. The third-order valence-electron chi connectivity index (χ3n) is 3.85. The fraction of sp³-hybridized carbons (Fsp3) is 0.286. The van der Waals surface area contributed by atoms with E-state index in [4.69, 9.17) is 4.74 Å². The van der Waals surface area contributed by atoms with Gasteiger partial charge in [0.2, 0.25) is 5.91 Å². The molecule has 0 saturated heterocycles. The largest absolute Gasteiger partial charge is 0.444 e. The minimum absolute atomic E-state index is 0.0878. The van der Waals surface area contributed by atoms with Crippen molar-refractivity contribution < 1.29 is 27.9 Å². The number of rotatable bonds is 5. The van der Waals surface area contributed by atoms with Crippen LogP contribution in [0.3, 0.4) is 0 Å². The number of halogens is 2. The van der Waals surface area contributed by atoms with E-state index in [2.05, 4.69) is 16.0 Å². The van der Waals surface area contributed by atoms with Crippen LogP contribution in [0.15, 0.2) is 42.5 Å². The molecule has 0 fully saturated rings. The molecular formula is C21H23F2N3O4. The van der Waals surface area contributed by atoms with Crippen LogP contribution in [0.4, 0.5) is 19.3 Å². The molecule has 0 aliphatic heterocycles. The van der Waals surface area contributed by atoms with Gasteiger partial charge < -0.3 is 15.4 Å². The van der Waals surface area contributed by atoms with Gasteiger partial charge in [0.05, 0.1) is 0 Å². The highest BCUT2D eigenvalue weighted by molar-refractivity contribution is 5.98. The maximum absolute atomic E-state index is 13.6. The average molecular weight is 419 g/mol. The van der Waals surface area contributed by atoms with Crippen molar-refractivity contribution in [3.8, 4) is 0 Å². The third-order valence-corrected chi connectivity index (χ3v) is 3.85. The lowest BCUT2D eigenvalue weighted by Crippen LogP contribution is -2.39. The van der Waals surface area contributed by atoms with Crippen LogP contribution < -0.4 is 16.0 Å². The molecule has 0 aromatic heterocycles. The van der Waals surface area contributed by atoms with E-state index >= 15 is 0 Å². The lowest BCUT2D eigenvalue weighted by atomic mass is 10.0. The number of nitrogens with one attached hydrogen (secondary N) is 3. The summed E-state index contributed by atoms with van der Waals surface area (Å²) in [4.78, 5) is 36.5. The molecule has 0 saturated carbocycles. The summed E-state index contributed by atoms with van der Waals surface area (Å²) >= 11 is 0. The summed E-state index contributed by atoms with van der Waals surface area (Å²) in [5, 5.41) is 7.39. The Morgan fingerprint density at radius 1 is 0.967 bits per heavy atom. The normalized spacial score (nSPS) is 11.9. The Kier molecular flexibility index (Phi) is 7.10. The standard InChI is InChI=1S/C21H23F2N3O4/c1-21(2,3)30-20(29)25-14-8-5-12(6-9-14)18(27)26-17(19(28)24-4)13-7-10-15(22)16(23)11-13/h5-11,17H,1-4H3,(H,24,28)(H,25,29)(H,26,27). The Labute approximate surface area is 172 Å². The van der Waals surface area contributed by atoms with Gasteiger partial charge in [0.25, 0.3) is 5.91 Å². The summed E-state index contributed by atoms with van der Waals surface area (Å²) in [6, 6.07) is 7.58. The van der Waals surface area contributed by atoms with Gasteiger partial charge in [-0.1, -0.05) is 6.07 Å². The second kappa shape index (κ2) is 9.34. The van der Waals surface area contributed by atoms with Gasteiger partial charge in [0, 0.05) is 18.3 Å². The number of amides is 3. The van der Waals surface area contributed by atoms with E-state index < -0.39 is 41.2 Å². The van der Waals surface area contributed by atoms with E-state index in [9.17, 15) is 23.2 Å². The predicted octanol–water partition coefficient (Wildman–Crippen LogP) is 3.53. The number of benzene rings is 2. The fourth-order valence-corrected chi connectivity index (χ4v) is 2.48. The summed E-state index contributed by atoms with van der Waals surface area (Å²) in [6.07, 6.45) is -0.641. The summed E-state index contributed by atoms with van der Waals surface area (Å²) in [5.41, 5.74) is 0.0359. The number of carbonyl (C=O) groups excluding carboxylic acids is 3. The van der Waals surface area contributed by atoms with Gasteiger partial charge in [0.1, 0.15) is 11.6 Å². The quantitative estimate of drug-likeness (QED) is 0.691. The van der Waals surface area contributed by atoms with Crippen molar-refractivity contribution in [2.75, 3.05) is 12.4 Å². The van der Waals surface area contributed by atoms with Crippen LogP contribution in [0.5, 0.6) is 0 Å². The Balaban J connectivity index is 2.13. The number of anilines is 1. The van der Waals surface area contributed by atoms with Crippen LogP contribution in [0.2, 0.25) is 0 Å². The van der Waals surface area contributed by atoms with Crippen molar-refractivity contribution in [1.82, 2.24) is 10.6 Å². The van der Waals surface area contributed by atoms with Crippen LogP contribution in [0, 0.1) is 11.6 Å². The highest BCUT2D eigenvalue weighted by Gasteiger charge is 2.24. The molecule has 2 aromatic carbocycles. The SMILES string of the molecule is CNC(=O)C(NC(=O)c1ccc(NC(=O)OC(C)(C)C)cc1)c1ccc(F)c(F)c1. The first kappa shape index (κ1) is 22.8. The van der Waals surface area contributed by atoms with Crippen molar-refractivity contribution in [2.45, 2.75) is 32.4 Å². The van der Waals surface area contributed by atoms with Crippen molar-refractivity contribution in [3.05, 3.63) is 65.2 Å². The second-order valence-corrected chi connectivity index (χ2v) is 7.40. The zero-order valence-electron chi connectivity index (χ0n) is 17.0. The molecule has 1 atom stereocenters. The highest BCUT2D eigenvalue weighted by Crippen LogP contribution is 2.18. The number of hydrogen-bond donors (Lipinski definition) is 3. The van der Waals surface area contributed by atoms with E-state index in [1.807, 2.05) is 0 Å². The summed E-state index contributed by atoms with van der Waals surface area (Å²) in [5.74, 6) is -3.41. The van der Waals surface area contributed by atoms with Crippen LogP contribution in [-0.4, -0.2) is 30.6 Å². The molecule has 9 heteroatoms. The van der Waals surface area contributed by atoms with E-state index in [0.717, 1.165) is 12.1 Å². The van der Waals surface area contributed by atoms with Crippen molar-refractivity contribution in [3.63, 3.8) is 0 Å². The van der Waals surface area contributed by atoms with E-state index in [-0.39, 0.29) is 11.1 Å². The summed E-state index contributed by atoms with van der Waals surface area (Å²) in [7, 11) is 1.36. The molecule has 0 aliphatic carbocycles. The maximum atomic E-state index is 13.6. The molecule has 160 valence electrons. The molecule has 0 aliphatic rings. The number of likely N-dealkylation sites (N-methyl/N-ethyl adjacent to an activating group) is 1. The predicted molar refractivity (Wildman–Crippen MR) is 107 cm³/mol. The molecule has 30 heavy (non-hydrogen) atoms. The van der Waals surface area contributed by atoms with Gasteiger partial charge in [0.15, 0.2) is 11.6 Å². The van der Waals surface area contributed by atoms with Crippen LogP contribution in [0.25, 0.3) is 0 Å². The molecular weight excluding hydrogens is 396 g/mol. The van der Waals surface area contributed by atoms with Crippen molar-refractivity contribution in [2.24, 2.45) is 0 Å². The summed E-state index contributed by atoms with van der Waals surface area (Å²) in [6.45, 7) is 5.20. The first-order valence-corrected chi connectivity index (χ1v) is 9.07. The van der Waals surface area contributed by atoms with Gasteiger partial charge in [-0.05, 0) is 62.7 Å². The molecule has 3 N–H and O–H groups in total. The minimum Gasteiger partial charge on any atom is -0.444 e. The summed E-state index contributed by atoms with van der Waals surface area (Å²) < 4.78 is 31.9. The molecule has 2 aromatic rings. The van der Waals surface area contributed by atoms with Gasteiger partial charge in [-0.3, -0.25) is 14.9 Å². The molecule has 1 unspecified atom stereocenters. The zero-order valence-corrected chi connectivity index (χ0v) is 17.0. The second-order valence-electron chi connectivity index (χ2n) is 7.40. The van der Waals surface area contributed by atoms with Gasteiger partial charge >= 0.3 is 6.09 Å². The molecule has 3 amide bonds. The van der Waals surface area contributed by atoms with Crippen LogP contribution in [0.1, 0.15) is 42.7 Å². The van der Waals surface area contributed by atoms with Gasteiger partial charge in [-0.2, -0.15) is 0 Å². The molecule has 0 radical (unpaired) electrons. The number of ether oxygens (including phenoxy) is 1. The third kappa shape index (κ3) is 6.26. The van der Waals surface area contributed by atoms with Crippen LogP contribution in [-0.2, 0) is 9.53 Å². The molecule has 0 spiro atoms. The minimum atomic E-state index is -1.22. The lowest BCUT2D eigenvalue weighted by Gasteiger charge is -2.20. The Morgan fingerprint density at radius 3 is 2.13 bits per heavy atom. The first-order chi connectivity index (χ1) is 14.0. The Morgan fingerprint density at radius 2 is 1.60 bits per heavy atom.